The van der Waals surface area contributed by atoms with E-state index in [1.165, 1.54) is 0 Å². The molecule has 1 unspecified atom stereocenters. The van der Waals surface area contributed by atoms with Gasteiger partial charge in [-0.25, -0.2) is 9.67 Å². The summed E-state index contributed by atoms with van der Waals surface area (Å²) in [5.74, 6) is 1.39. The van der Waals surface area contributed by atoms with Crippen molar-refractivity contribution in [2.45, 2.75) is 52.6 Å². The van der Waals surface area contributed by atoms with Crippen molar-refractivity contribution in [3.05, 3.63) is 47.3 Å². The molecule has 0 aliphatic rings. The zero-order chi connectivity index (χ0) is 22.0. The van der Waals surface area contributed by atoms with E-state index in [-0.39, 0.29) is 23.9 Å². The number of amides is 1. The lowest BCUT2D eigenvalue weighted by molar-refractivity contribution is 0.0941. The Hall–Kier alpha value is -3.09. The molecule has 0 radical (unpaired) electrons. The van der Waals surface area contributed by atoms with Gasteiger partial charge in [-0.05, 0) is 44.9 Å². The van der Waals surface area contributed by atoms with Gasteiger partial charge in [0, 0.05) is 23.4 Å². The molecule has 0 aliphatic carbocycles. The number of carbonyl (C=O) groups is 1. The van der Waals surface area contributed by atoms with Gasteiger partial charge in [0.1, 0.15) is 11.5 Å². The third-order valence-corrected chi connectivity index (χ3v) is 5.17. The SMILES string of the molecule is COc1ccc(C(C)NC(=O)c2cc(C(C)C)nc3c2cnn3C(C)C)c(OC)c1. The Balaban J connectivity index is 1.99. The maximum Gasteiger partial charge on any atom is 0.252 e. The van der Waals surface area contributed by atoms with Gasteiger partial charge >= 0.3 is 0 Å². The molecule has 0 bridgehead atoms. The van der Waals surface area contributed by atoms with E-state index in [4.69, 9.17) is 14.5 Å². The smallest absolute Gasteiger partial charge is 0.252 e. The molecule has 1 N–H and O–H groups in total. The van der Waals surface area contributed by atoms with Gasteiger partial charge in [0.25, 0.3) is 5.91 Å². The van der Waals surface area contributed by atoms with Gasteiger partial charge in [0.2, 0.25) is 0 Å². The van der Waals surface area contributed by atoms with Gasteiger partial charge in [0.15, 0.2) is 5.65 Å². The van der Waals surface area contributed by atoms with Crippen molar-refractivity contribution in [3.8, 4) is 11.5 Å². The highest BCUT2D eigenvalue weighted by Gasteiger charge is 2.21. The van der Waals surface area contributed by atoms with Crippen molar-refractivity contribution in [2.24, 2.45) is 0 Å². The number of benzene rings is 1. The van der Waals surface area contributed by atoms with Crippen LogP contribution in [0.2, 0.25) is 0 Å². The van der Waals surface area contributed by atoms with E-state index >= 15 is 0 Å². The molecule has 0 saturated carbocycles. The molecule has 0 fully saturated rings. The summed E-state index contributed by atoms with van der Waals surface area (Å²) in [6.07, 6.45) is 1.72. The summed E-state index contributed by atoms with van der Waals surface area (Å²) in [6, 6.07) is 7.33. The summed E-state index contributed by atoms with van der Waals surface area (Å²) >= 11 is 0. The second kappa shape index (κ2) is 8.73. The number of ether oxygens (including phenoxy) is 2. The molecule has 1 amide bonds. The summed E-state index contributed by atoms with van der Waals surface area (Å²) in [5.41, 5.74) is 3.05. The molecule has 1 aromatic carbocycles. The van der Waals surface area contributed by atoms with Crippen LogP contribution in [-0.2, 0) is 0 Å². The topological polar surface area (TPSA) is 78.3 Å². The van der Waals surface area contributed by atoms with Crippen LogP contribution in [0.4, 0.5) is 0 Å². The minimum Gasteiger partial charge on any atom is -0.497 e. The first-order valence-electron chi connectivity index (χ1n) is 10.2. The van der Waals surface area contributed by atoms with Gasteiger partial charge < -0.3 is 14.8 Å². The fourth-order valence-corrected chi connectivity index (χ4v) is 3.43. The van der Waals surface area contributed by atoms with Crippen LogP contribution in [0.25, 0.3) is 11.0 Å². The van der Waals surface area contributed by atoms with Crippen molar-refractivity contribution in [1.82, 2.24) is 20.1 Å². The van der Waals surface area contributed by atoms with Gasteiger partial charge in [-0.1, -0.05) is 13.8 Å². The molecule has 0 saturated heterocycles. The Labute approximate surface area is 177 Å². The van der Waals surface area contributed by atoms with Gasteiger partial charge in [-0.3, -0.25) is 4.79 Å². The number of methoxy groups -OCH3 is 2. The van der Waals surface area contributed by atoms with Crippen LogP contribution in [0.3, 0.4) is 0 Å². The maximum atomic E-state index is 13.3. The molecule has 2 heterocycles. The minimum atomic E-state index is -0.260. The lowest BCUT2D eigenvalue weighted by atomic mass is 10.0. The van der Waals surface area contributed by atoms with Crippen LogP contribution < -0.4 is 14.8 Å². The van der Waals surface area contributed by atoms with Crippen LogP contribution in [-0.4, -0.2) is 34.9 Å². The predicted molar refractivity (Wildman–Crippen MR) is 117 cm³/mol. The number of hydrogen-bond acceptors (Lipinski definition) is 5. The van der Waals surface area contributed by atoms with E-state index in [1.807, 2.05) is 49.7 Å². The first kappa shape index (κ1) is 21.6. The molecule has 0 aliphatic heterocycles. The van der Waals surface area contributed by atoms with E-state index in [9.17, 15) is 4.79 Å². The normalized spacial score (nSPS) is 12.4. The molecule has 1 atom stereocenters. The largest absolute Gasteiger partial charge is 0.497 e. The molecule has 3 aromatic rings. The van der Waals surface area contributed by atoms with Gasteiger partial charge in [-0.2, -0.15) is 5.10 Å². The highest BCUT2D eigenvalue weighted by Crippen LogP contribution is 2.30. The average Bonchev–Trinajstić information content (AvgIpc) is 3.16. The highest BCUT2D eigenvalue weighted by atomic mass is 16.5. The van der Waals surface area contributed by atoms with E-state index in [1.54, 1.807) is 20.4 Å². The summed E-state index contributed by atoms with van der Waals surface area (Å²) in [5, 5.41) is 8.31. The Kier molecular flexibility index (Phi) is 6.29. The van der Waals surface area contributed by atoms with Crippen molar-refractivity contribution >= 4 is 16.9 Å². The van der Waals surface area contributed by atoms with Crippen LogP contribution in [0.1, 0.15) is 74.2 Å². The molecular formula is C23H30N4O3. The number of rotatable bonds is 7. The standard InChI is InChI=1S/C23H30N4O3/c1-13(2)20-11-18(19-12-24-27(14(3)4)22(19)26-20)23(28)25-15(5)17-9-8-16(29-6)10-21(17)30-7/h8-15H,1-7H3,(H,25,28). The molecule has 2 aromatic heterocycles. The summed E-state index contributed by atoms with van der Waals surface area (Å²) < 4.78 is 12.6. The van der Waals surface area contributed by atoms with Gasteiger partial charge in [0.05, 0.1) is 37.4 Å². The molecular weight excluding hydrogens is 380 g/mol. The third-order valence-electron chi connectivity index (χ3n) is 5.17. The van der Waals surface area contributed by atoms with E-state index in [2.05, 4.69) is 24.3 Å². The number of hydrogen-bond donors (Lipinski definition) is 1. The van der Waals surface area contributed by atoms with Crippen LogP contribution >= 0.6 is 0 Å². The van der Waals surface area contributed by atoms with Crippen molar-refractivity contribution < 1.29 is 14.3 Å². The number of carbonyl (C=O) groups excluding carboxylic acids is 1. The summed E-state index contributed by atoms with van der Waals surface area (Å²) in [4.78, 5) is 18.0. The van der Waals surface area contributed by atoms with E-state index < -0.39 is 0 Å². The zero-order valence-corrected chi connectivity index (χ0v) is 18.7. The van der Waals surface area contributed by atoms with Crippen LogP contribution in [0.15, 0.2) is 30.5 Å². The lowest BCUT2D eigenvalue weighted by Gasteiger charge is -2.19. The van der Waals surface area contributed by atoms with Crippen LogP contribution in [0.5, 0.6) is 11.5 Å². The monoisotopic (exact) mass is 410 g/mol. The number of nitrogens with zero attached hydrogens (tertiary/aromatic N) is 3. The molecule has 3 rings (SSSR count). The zero-order valence-electron chi connectivity index (χ0n) is 18.7. The molecule has 30 heavy (non-hydrogen) atoms. The molecule has 7 nitrogen and oxygen atoms in total. The van der Waals surface area contributed by atoms with Crippen molar-refractivity contribution in [2.75, 3.05) is 14.2 Å². The first-order chi connectivity index (χ1) is 14.3. The van der Waals surface area contributed by atoms with Crippen LogP contribution in [0, 0.1) is 0 Å². The Morgan fingerprint density at radius 2 is 1.80 bits per heavy atom. The number of nitrogens with one attached hydrogen (secondary N) is 1. The van der Waals surface area contributed by atoms with E-state index in [0.717, 1.165) is 22.3 Å². The van der Waals surface area contributed by atoms with Gasteiger partial charge in [-0.15, -0.1) is 0 Å². The maximum absolute atomic E-state index is 13.3. The first-order valence-corrected chi connectivity index (χ1v) is 10.2. The molecule has 160 valence electrons. The molecule has 0 spiro atoms. The summed E-state index contributed by atoms with van der Waals surface area (Å²) in [6.45, 7) is 10.2. The van der Waals surface area contributed by atoms with Crippen molar-refractivity contribution in [3.63, 3.8) is 0 Å². The second-order valence-corrected chi connectivity index (χ2v) is 7.97. The lowest BCUT2D eigenvalue weighted by Crippen LogP contribution is -2.27. The predicted octanol–water partition coefficient (Wildman–Crippen LogP) is 4.64. The molecule has 7 heteroatoms. The Morgan fingerprint density at radius 1 is 1.07 bits per heavy atom. The Bertz CT molecular complexity index is 1060. The Morgan fingerprint density at radius 3 is 2.40 bits per heavy atom. The fourth-order valence-electron chi connectivity index (χ4n) is 3.43. The summed E-state index contributed by atoms with van der Waals surface area (Å²) in [7, 11) is 3.21. The fraction of sp³-hybridized carbons (Fsp3) is 0.435. The number of aromatic nitrogens is 3. The third kappa shape index (κ3) is 4.10. The highest BCUT2D eigenvalue weighted by molar-refractivity contribution is 6.05. The average molecular weight is 411 g/mol. The number of pyridine rings is 1. The number of fused-ring (bicyclic) bond motifs is 1. The second-order valence-electron chi connectivity index (χ2n) is 7.97. The van der Waals surface area contributed by atoms with E-state index in [0.29, 0.717) is 17.1 Å². The quantitative estimate of drug-likeness (QED) is 0.614. The minimum absolute atomic E-state index is 0.149. The van der Waals surface area contributed by atoms with Crippen molar-refractivity contribution in [1.29, 1.82) is 0 Å².